The lowest BCUT2D eigenvalue weighted by atomic mass is 9.88. The molecule has 0 radical (unpaired) electrons. The number of benzene rings is 3. The summed E-state index contributed by atoms with van der Waals surface area (Å²) in [6.45, 7) is 13.1. The zero-order chi connectivity index (χ0) is 26.5. The Hall–Kier alpha value is -2.60. The number of hydrogen-bond acceptors (Lipinski definition) is 0. The highest BCUT2D eigenvalue weighted by Crippen LogP contribution is 2.60. The third kappa shape index (κ3) is 9.03. The van der Waals surface area contributed by atoms with Gasteiger partial charge in [-0.2, -0.15) is 0 Å². The Bertz CT molecular complexity index is 1050. The van der Waals surface area contributed by atoms with Crippen molar-refractivity contribution in [2.75, 3.05) is 0 Å². The zero-order valence-corrected chi connectivity index (χ0v) is 24.0. The first-order valence-corrected chi connectivity index (χ1v) is 14.8. The van der Waals surface area contributed by atoms with Crippen LogP contribution >= 0.6 is 0 Å². The van der Waals surface area contributed by atoms with Crippen LogP contribution in [0.15, 0.2) is 97.1 Å². The van der Waals surface area contributed by atoms with E-state index in [2.05, 4.69) is 119 Å². The highest BCUT2D eigenvalue weighted by molar-refractivity contribution is 5.37. The van der Waals surface area contributed by atoms with Crippen LogP contribution in [0.4, 0.5) is 0 Å². The van der Waals surface area contributed by atoms with Gasteiger partial charge in [0.15, 0.2) is 0 Å². The quantitative estimate of drug-likeness (QED) is 0.207. The second-order valence-electron chi connectivity index (χ2n) is 11.4. The summed E-state index contributed by atoms with van der Waals surface area (Å²) in [5.74, 6) is 1.49. The summed E-state index contributed by atoms with van der Waals surface area (Å²) >= 11 is 0. The predicted molar refractivity (Wildman–Crippen MR) is 163 cm³/mol. The van der Waals surface area contributed by atoms with E-state index in [-0.39, 0.29) is 0 Å². The van der Waals surface area contributed by atoms with E-state index < -0.39 is 0 Å². The number of hydrogen-bond donors (Lipinski definition) is 0. The van der Waals surface area contributed by atoms with E-state index in [1.54, 1.807) is 0 Å². The van der Waals surface area contributed by atoms with E-state index in [0.29, 0.717) is 11.3 Å². The van der Waals surface area contributed by atoms with Crippen molar-refractivity contribution in [3.05, 3.63) is 119 Å². The van der Waals surface area contributed by atoms with Crippen LogP contribution in [0.1, 0.15) is 107 Å². The molecule has 3 unspecified atom stereocenters. The lowest BCUT2D eigenvalue weighted by Gasteiger charge is -2.17. The van der Waals surface area contributed by atoms with Gasteiger partial charge in [0.2, 0.25) is 0 Å². The van der Waals surface area contributed by atoms with Gasteiger partial charge in [-0.15, -0.1) is 6.58 Å². The second kappa shape index (κ2) is 15.0. The van der Waals surface area contributed by atoms with Crippen LogP contribution < -0.4 is 0 Å². The lowest BCUT2D eigenvalue weighted by Crippen LogP contribution is -2.05. The number of allylic oxidation sites excluding steroid dienone is 1. The minimum atomic E-state index is 0.485. The van der Waals surface area contributed by atoms with E-state index >= 15 is 0 Å². The fourth-order valence-corrected chi connectivity index (χ4v) is 6.15. The largest absolute Gasteiger partial charge is 0.100 e. The number of rotatable bonds is 13. The molecule has 3 aromatic rings. The first-order valence-electron chi connectivity index (χ1n) is 14.8. The minimum absolute atomic E-state index is 0.485. The average molecular weight is 495 g/mol. The van der Waals surface area contributed by atoms with Crippen molar-refractivity contribution in [1.29, 1.82) is 0 Å². The van der Waals surface area contributed by atoms with E-state index in [0.717, 1.165) is 5.92 Å². The molecule has 1 aliphatic carbocycles. The Morgan fingerprint density at radius 2 is 1.46 bits per heavy atom. The molecule has 0 amide bonds. The van der Waals surface area contributed by atoms with Crippen molar-refractivity contribution in [1.82, 2.24) is 0 Å². The Balaban J connectivity index is 0.000000208. The molecule has 198 valence electrons. The summed E-state index contributed by atoms with van der Waals surface area (Å²) in [7, 11) is 0. The van der Waals surface area contributed by atoms with Crippen molar-refractivity contribution in [3.8, 4) is 0 Å². The lowest BCUT2D eigenvalue weighted by molar-refractivity contribution is 0.360. The summed E-state index contributed by atoms with van der Waals surface area (Å²) < 4.78 is 0. The third-order valence-corrected chi connectivity index (χ3v) is 8.45. The van der Waals surface area contributed by atoms with Crippen LogP contribution in [0.2, 0.25) is 0 Å². The molecule has 0 bridgehead atoms. The standard InChI is InChI=1S/C20H30.C17H20/c1-4-19-16-20(19,14-8-10-17(2)3)15-9-13-18-11-6-5-7-12-18;1-3-9-16-12-7-8-13-17(16)14(2)15-10-5-4-6-11-15/h5-7,11-12,19H,2,4,8-10,13-16H2,1,3H3;4-8,10-14H,3,9H2,1-2H3. The zero-order valence-electron chi connectivity index (χ0n) is 24.0. The maximum Gasteiger partial charge on any atom is 0.00637 e. The molecular formula is C37H50. The van der Waals surface area contributed by atoms with Gasteiger partial charge in [-0.05, 0) is 91.9 Å². The van der Waals surface area contributed by atoms with Gasteiger partial charge in [0.1, 0.15) is 0 Å². The van der Waals surface area contributed by atoms with Crippen LogP contribution in [0.3, 0.4) is 0 Å². The Morgan fingerprint density at radius 3 is 2.08 bits per heavy atom. The van der Waals surface area contributed by atoms with Crippen molar-refractivity contribution < 1.29 is 0 Å². The summed E-state index contributed by atoms with van der Waals surface area (Å²) in [5, 5.41) is 0. The van der Waals surface area contributed by atoms with Crippen LogP contribution in [0.5, 0.6) is 0 Å². The fourth-order valence-electron chi connectivity index (χ4n) is 6.15. The van der Waals surface area contributed by atoms with E-state index in [9.17, 15) is 0 Å². The van der Waals surface area contributed by atoms with Crippen LogP contribution in [0.25, 0.3) is 0 Å². The summed E-state index contributed by atoms with van der Waals surface area (Å²) in [6, 6.07) is 30.5. The molecule has 0 heterocycles. The molecule has 0 aliphatic heterocycles. The minimum Gasteiger partial charge on any atom is -0.100 e. The molecule has 0 aromatic heterocycles. The van der Waals surface area contributed by atoms with Crippen LogP contribution in [-0.4, -0.2) is 0 Å². The molecule has 4 rings (SSSR count). The number of aryl methyl sites for hydroxylation is 2. The normalized spacial score (nSPS) is 19.0. The molecule has 0 N–H and O–H groups in total. The molecule has 3 atom stereocenters. The van der Waals surface area contributed by atoms with Gasteiger partial charge in [-0.1, -0.05) is 124 Å². The summed E-state index contributed by atoms with van der Waals surface area (Å²) in [6.07, 6.45) is 13.3. The molecule has 0 heteroatoms. The predicted octanol–water partition coefficient (Wildman–Crippen LogP) is 11.0. The van der Waals surface area contributed by atoms with Gasteiger partial charge in [0.25, 0.3) is 0 Å². The first-order chi connectivity index (χ1) is 18.0. The molecule has 3 aromatic carbocycles. The Kier molecular flexibility index (Phi) is 11.7. The van der Waals surface area contributed by atoms with Gasteiger partial charge in [0.05, 0.1) is 0 Å². The molecule has 0 nitrogen and oxygen atoms in total. The van der Waals surface area contributed by atoms with Gasteiger partial charge < -0.3 is 0 Å². The SMILES string of the molecule is C=C(C)CCCC1(CCCc2ccccc2)CC1CC.CCCc1ccccc1C(C)c1ccccc1. The fraction of sp³-hybridized carbons (Fsp3) is 0.459. The van der Waals surface area contributed by atoms with Gasteiger partial charge in [0, 0.05) is 5.92 Å². The van der Waals surface area contributed by atoms with E-state index in [4.69, 9.17) is 0 Å². The highest BCUT2D eigenvalue weighted by Gasteiger charge is 2.50. The molecular weight excluding hydrogens is 444 g/mol. The smallest absolute Gasteiger partial charge is 0.00637 e. The van der Waals surface area contributed by atoms with Crippen LogP contribution in [-0.2, 0) is 12.8 Å². The average Bonchev–Trinajstić information content (AvgIpc) is 3.63. The monoisotopic (exact) mass is 494 g/mol. The topological polar surface area (TPSA) is 0 Å². The van der Waals surface area contributed by atoms with Crippen molar-refractivity contribution in [3.63, 3.8) is 0 Å². The Labute approximate surface area is 228 Å². The molecule has 37 heavy (non-hydrogen) atoms. The summed E-state index contributed by atoms with van der Waals surface area (Å²) in [5.41, 5.74) is 7.90. The molecule has 1 aliphatic rings. The van der Waals surface area contributed by atoms with Gasteiger partial charge >= 0.3 is 0 Å². The maximum atomic E-state index is 4.04. The molecule has 1 fully saturated rings. The van der Waals surface area contributed by atoms with Gasteiger partial charge in [-0.25, -0.2) is 0 Å². The summed E-state index contributed by atoms with van der Waals surface area (Å²) in [4.78, 5) is 0. The van der Waals surface area contributed by atoms with Crippen LogP contribution in [0, 0.1) is 11.3 Å². The highest BCUT2D eigenvalue weighted by atomic mass is 14.6. The molecule has 1 saturated carbocycles. The molecule has 0 saturated heterocycles. The van der Waals surface area contributed by atoms with Crippen molar-refractivity contribution in [2.24, 2.45) is 11.3 Å². The van der Waals surface area contributed by atoms with Crippen molar-refractivity contribution in [2.45, 2.75) is 97.8 Å². The maximum absolute atomic E-state index is 4.04. The third-order valence-electron chi connectivity index (χ3n) is 8.45. The van der Waals surface area contributed by atoms with Gasteiger partial charge in [-0.3, -0.25) is 0 Å². The van der Waals surface area contributed by atoms with E-state index in [1.165, 1.54) is 92.0 Å². The second-order valence-corrected chi connectivity index (χ2v) is 11.4. The Morgan fingerprint density at radius 1 is 0.838 bits per heavy atom. The molecule has 0 spiro atoms. The van der Waals surface area contributed by atoms with Crippen molar-refractivity contribution >= 4 is 0 Å². The first kappa shape index (κ1) is 29.0. The van der Waals surface area contributed by atoms with E-state index in [1.807, 2.05) is 0 Å².